The summed E-state index contributed by atoms with van der Waals surface area (Å²) in [5.74, 6) is 1.88. The molecule has 1 heterocycles. The minimum absolute atomic E-state index is 0.0687. The number of nitrogens with zero attached hydrogens (tertiary/aromatic N) is 2. The molecule has 1 atom stereocenters. The molecule has 5 nitrogen and oxygen atoms in total. The minimum Gasteiger partial charge on any atom is -0.399 e. The molecule has 2 aromatic carbocycles. The van der Waals surface area contributed by atoms with Crippen LogP contribution in [0.5, 0.6) is 0 Å². The number of fused-ring (bicyclic) bond motifs is 3. The van der Waals surface area contributed by atoms with Crippen LogP contribution in [-0.4, -0.2) is 15.8 Å². The second kappa shape index (κ2) is 8.81. The Kier molecular flexibility index (Phi) is 5.93. The lowest BCUT2D eigenvalue weighted by Crippen LogP contribution is -2.15. The average molecular weight is 483 g/mol. The highest BCUT2D eigenvalue weighted by Crippen LogP contribution is 2.42. The Bertz CT molecular complexity index is 1310. The lowest BCUT2D eigenvalue weighted by atomic mass is 9.80. The number of nitrogen functional groups attached to an aromatic ring is 1. The zero-order valence-corrected chi connectivity index (χ0v) is 19.9. The Labute approximate surface area is 202 Å². The molecule has 1 fully saturated rings. The summed E-state index contributed by atoms with van der Waals surface area (Å²) in [4.78, 5) is 21.3. The highest BCUT2D eigenvalue weighted by molar-refractivity contribution is 5.93. The Hall–Kier alpha value is -3.16. The van der Waals surface area contributed by atoms with Crippen LogP contribution in [0.3, 0.4) is 0 Å². The molecular formula is C27H29F3N4O. The van der Waals surface area contributed by atoms with Crippen molar-refractivity contribution in [3.8, 4) is 0 Å². The van der Waals surface area contributed by atoms with Gasteiger partial charge in [0.25, 0.3) is 0 Å². The molecule has 0 radical (unpaired) electrons. The van der Waals surface area contributed by atoms with E-state index in [0.717, 1.165) is 55.1 Å². The lowest BCUT2D eigenvalue weighted by molar-refractivity contribution is -0.137. The van der Waals surface area contributed by atoms with Gasteiger partial charge in [0.15, 0.2) is 0 Å². The van der Waals surface area contributed by atoms with Crippen LogP contribution in [0.1, 0.15) is 84.6 Å². The van der Waals surface area contributed by atoms with Crippen LogP contribution in [-0.2, 0) is 23.8 Å². The number of aryl methyl sites for hydroxylation is 2. The molecule has 0 unspecified atom stereocenters. The molecule has 1 saturated carbocycles. The maximum atomic E-state index is 13.4. The smallest absolute Gasteiger partial charge is 0.399 e. The van der Waals surface area contributed by atoms with Gasteiger partial charge in [-0.1, -0.05) is 0 Å². The number of benzene rings is 2. The number of alkyl halides is 3. The van der Waals surface area contributed by atoms with Gasteiger partial charge in [-0.05, 0) is 98.4 Å². The first-order chi connectivity index (χ1) is 16.6. The number of aromatic nitrogens is 2. The first kappa shape index (κ1) is 23.6. The molecule has 3 N–H and O–H groups in total. The molecule has 0 spiro atoms. The third-order valence-corrected chi connectivity index (χ3v) is 7.35. The molecule has 2 aliphatic rings. The Morgan fingerprint density at radius 1 is 1.03 bits per heavy atom. The van der Waals surface area contributed by atoms with Gasteiger partial charge < -0.3 is 11.1 Å². The van der Waals surface area contributed by atoms with E-state index in [4.69, 9.17) is 10.7 Å². The highest BCUT2D eigenvalue weighted by atomic mass is 19.4. The van der Waals surface area contributed by atoms with Crippen LogP contribution >= 0.6 is 0 Å². The standard InChI is InChI=1S/C27H29F3N4O/c1-14(17-10-18(27(28,29)30)12-19(31)11-17)32-26-24-13-23(16-6-8-20(35)9-7-16)21-4-3-5-22(21)25(24)33-15(2)34-26/h10-14,16H,3-9,31H2,1-2H3,(H,32,33,34)/t14-/m1/s1. The second-order valence-electron chi connectivity index (χ2n) is 9.86. The first-order valence-electron chi connectivity index (χ1n) is 12.2. The number of hydrogen-bond acceptors (Lipinski definition) is 5. The van der Waals surface area contributed by atoms with Crippen molar-refractivity contribution in [1.82, 2.24) is 9.97 Å². The summed E-state index contributed by atoms with van der Waals surface area (Å²) in [5.41, 5.74) is 10.3. The largest absolute Gasteiger partial charge is 0.416 e. The molecule has 0 amide bonds. The fourth-order valence-corrected chi connectivity index (χ4v) is 5.62. The second-order valence-corrected chi connectivity index (χ2v) is 9.86. The van der Waals surface area contributed by atoms with Gasteiger partial charge >= 0.3 is 6.18 Å². The molecule has 35 heavy (non-hydrogen) atoms. The van der Waals surface area contributed by atoms with Gasteiger partial charge in [-0.2, -0.15) is 13.2 Å². The third-order valence-electron chi connectivity index (χ3n) is 7.35. The molecule has 8 heteroatoms. The van der Waals surface area contributed by atoms with Crippen molar-refractivity contribution >= 4 is 28.2 Å². The number of nitrogens with two attached hydrogens (primary N) is 1. The zero-order valence-electron chi connectivity index (χ0n) is 19.9. The molecule has 184 valence electrons. The molecule has 0 saturated heterocycles. The number of halogens is 3. The molecule has 0 aliphatic heterocycles. The number of ketones is 1. The van der Waals surface area contributed by atoms with E-state index in [-0.39, 0.29) is 5.69 Å². The number of anilines is 2. The van der Waals surface area contributed by atoms with E-state index in [9.17, 15) is 18.0 Å². The Morgan fingerprint density at radius 3 is 2.46 bits per heavy atom. The number of nitrogens with one attached hydrogen (secondary N) is 1. The van der Waals surface area contributed by atoms with E-state index < -0.39 is 17.8 Å². The summed E-state index contributed by atoms with van der Waals surface area (Å²) in [7, 11) is 0. The van der Waals surface area contributed by atoms with Crippen molar-refractivity contribution in [1.29, 1.82) is 0 Å². The molecular weight excluding hydrogens is 453 g/mol. The van der Waals surface area contributed by atoms with Crippen molar-refractivity contribution in [3.05, 3.63) is 57.9 Å². The fourth-order valence-electron chi connectivity index (χ4n) is 5.62. The topological polar surface area (TPSA) is 80.9 Å². The maximum absolute atomic E-state index is 13.4. The zero-order chi connectivity index (χ0) is 24.9. The van der Waals surface area contributed by atoms with Gasteiger partial charge in [-0.15, -0.1) is 0 Å². The van der Waals surface area contributed by atoms with Gasteiger partial charge in [0, 0.05) is 23.9 Å². The average Bonchev–Trinajstić information content (AvgIpc) is 3.29. The van der Waals surface area contributed by atoms with Gasteiger partial charge in [0.05, 0.1) is 17.1 Å². The summed E-state index contributed by atoms with van der Waals surface area (Å²) in [5, 5.41) is 4.23. The predicted molar refractivity (Wildman–Crippen MR) is 130 cm³/mol. The van der Waals surface area contributed by atoms with E-state index in [1.807, 2.05) is 6.92 Å². The maximum Gasteiger partial charge on any atom is 0.416 e. The van der Waals surface area contributed by atoms with Crippen LogP contribution in [0.4, 0.5) is 24.7 Å². The predicted octanol–water partition coefficient (Wildman–Crippen LogP) is 6.43. The quantitative estimate of drug-likeness (QED) is 0.419. The van der Waals surface area contributed by atoms with Crippen LogP contribution in [0.2, 0.25) is 0 Å². The molecule has 0 bridgehead atoms. The van der Waals surface area contributed by atoms with Crippen LogP contribution in [0.25, 0.3) is 10.9 Å². The lowest BCUT2D eigenvalue weighted by Gasteiger charge is -2.25. The van der Waals surface area contributed by atoms with Crippen LogP contribution in [0, 0.1) is 6.92 Å². The van der Waals surface area contributed by atoms with Crippen molar-refractivity contribution in [2.45, 2.75) is 76.9 Å². The van der Waals surface area contributed by atoms with Gasteiger partial charge in [0.1, 0.15) is 17.4 Å². The number of Topliss-reactive ketones (excluding diaryl/α,β-unsaturated/α-hetero) is 1. The molecule has 2 aliphatic carbocycles. The molecule has 1 aromatic heterocycles. The Morgan fingerprint density at radius 2 is 1.74 bits per heavy atom. The molecule has 5 rings (SSSR count). The fraction of sp³-hybridized carbons (Fsp3) is 0.444. The summed E-state index contributed by atoms with van der Waals surface area (Å²) in [6.07, 6.45) is 1.48. The summed E-state index contributed by atoms with van der Waals surface area (Å²) < 4.78 is 40.1. The molecule has 3 aromatic rings. The summed E-state index contributed by atoms with van der Waals surface area (Å²) in [6.45, 7) is 3.64. The highest BCUT2D eigenvalue weighted by Gasteiger charge is 2.32. The van der Waals surface area contributed by atoms with Crippen LogP contribution in [0.15, 0.2) is 24.3 Å². The third kappa shape index (κ3) is 4.58. The van der Waals surface area contributed by atoms with Crippen molar-refractivity contribution < 1.29 is 18.0 Å². The van der Waals surface area contributed by atoms with Gasteiger partial charge in [0.2, 0.25) is 0 Å². The van der Waals surface area contributed by atoms with Gasteiger partial charge in [-0.3, -0.25) is 4.79 Å². The van der Waals surface area contributed by atoms with Crippen LogP contribution < -0.4 is 11.1 Å². The normalized spacial score (nSPS) is 17.6. The monoisotopic (exact) mass is 482 g/mol. The number of carbonyl (C=O) groups excluding carboxylic acids is 1. The number of rotatable bonds is 4. The first-order valence-corrected chi connectivity index (χ1v) is 12.2. The number of hydrogen-bond donors (Lipinski definition) is 2. The Balaban J connectivity index is 1.57. The summed E-state index contributed by atoms with van der Waals surface area (Å²) >= 11 is 0. The van der Waals surface area contributed by atoms with E-state index in [1.54, 1.807) is 13.0 Å². The SMILES string of the molecule is Cc1nc(N[C@H](C)c2cc(N)cc(C(F)(F)F)c2)c2cc(C3CCC(=O)CC3)c3c(c2n1)CCC3. The summed E-state index contributed by atoms with van der Waals surface area (Å²) in [6, 6.07) is 5.35. The van der Waals surface area contributed by atoms with E-state index in [0.29, 0.717) is 41.7 Å². The van der Waals surface area contributed by atoms with Crippen molar-refractivity contribution in [2.24, 2.45) is 0 Å². The minimum atomic E-state index is -4.47. The van der Waals surface area contributed by atoms with E-state index in [2.05, 4.69) is 16.4 Å². The van der Waals surface area contributed by atoms with E-state index >= 15 is 0 Å². The van der Waals surface area contributed by atoms with Crippen molar-refractivity contribution in [3.63, 3.8) is 0 Å². The van der Waals surface area contributed by atoms with Gasteiger partial charge in [-0.25, -0.2) is 9.97 Å². The number of carbonyl (C=O) groups is 1. The van der Waals surface area contributed by atoms with E-state index in [1.165, 1.54) is 16.7 Å². The van der Waals surface area contributed by atoms with Crippen molar-refractivity contribution in [2.75, 3.05) is 11.1 Å².